The fourth-order valence-electron chi connectivity index (χ4n) is 1.42. The molecule has 6 nitrogen and oxygen atoms in total. The Hall–Kier alpha value is -2.50. The van der Waals surface area contributed by atoms with E-state index >= 15 is 0 Å². The van der Waals surface area contributed by atoms with Crippen molar-refractivity contribution in [2.45, 2.75) is 6.92 Å². The smallest absolute Gasteiger partial charge is 0.344 e. The molecular weight excluding hydrogens is 264 g/mol. The average Bonchev–Trinajstić information content (AvgIpc) is 2.43. The molecule has 0 fully saturated rings. The summed E-state index contributed by atoms with van der Waals surface area (Å²) in [5.74, 6) is -0.643. The maximum Gasteiger partial charge on any atom is 0.344 e. The molecule has 0 amide bonds. The monoisotopic (exact) mass is 280 g/mol. The molecule has 0 spiro atoms. The summed E-state index contributed by atoms with van der Waals surface area (Å²) in [5, 5.41) is 8.65. The fraction of sp³-hybridized carbons (Fsp3) is 0.286. The summed E-state index contributed by atoms with van der Waals surface area (Å²) < 4.78 is 15.1. The number of aliphatic carboxylic acids is 1. The first-order valence-corrected chi connectivity index (χ1v) is 5.94. The summed E-state index contributed by atoms with van der Waals surface area (Å²) in [6.07, 6.45) is 2.34. The summed E-state index contributed by atoms with van der Waals surface area (Å²) in [6.45, 7) is 1.73. The number of hydrogen-bond acceptors (Lipinski definition) is 5. The fourth-order valence-corrected chi connectivity index (χ4v) is 1.42. The average molecular weight is 280 g/mol. The molecule has 1 aromatic carbocycles. The number of carboxylic acid groups (broad SMARTS) is 1. The molecule has 0 atom stereocenters. The van der Waals surface area contributed by atoms with Gasteiger partial charge in [0.05, 0.1) is 13.7 Å². The summed E-state index contributed by atoms with van der Waals surface area (Å²) in [5.41, 5.74) is 0.496. The lowest BCUT2D eigenvalue weighted by atomic mass is 10.1. The summed E-state index contributed by atoms with van der Waals surface area (Å²) >= 11 is 0. The van der Waals surface area contributed by atoms with Crippen LogP contribution in [0.1, 0.15) is 12.5 Å². The largest absolute Gasteiger partial charge is 0.497 e. The van der Waals surface area contributed by atoms with Gasteiger partial charge in [-0.2, -0.15) is 0 Å². The Kier molecular flexibility index (Phi) is 6.09. The van der Waals surface area contributed by atoms with Gasteiger partial charge in [0, 0.05) is 11.6 Å². The van der Waals surface area contributed by atoms with Gasteiger partial charge in [0.2, 0.25) is 0 Å². The molecule has 0 aliphatic rings. The number of carboxylic acids is 1. The van der Waals surface area contributed by atoms with Gasteiger partial charge in [0.1, 0.15) is 11.5 Å². The van der Waals surface area contributed by atoms with E-state index in [9.17, 15) is 9.59 Å². The number of ether oxygens (including phenoxy) is 3. The highest BCUT2D eigenvalue weighted by atomic mass is 16.6. The molecule has 0 saturated carbocycles. The maximum atomic E-state index is 11.2. The Morgan fingerprint density at radius 3 is 2.70 bits per heavy atom. The highest BCUT2D eigenvalue weighted by Gasteiger charge is 2.07. The summed E-state index contributed by atoms with van der Waals surface area (Å²) in [6, 6.07) is 4.86. The lowest BCUT2D eigenvalue weighted by Crippen LogP contribution is -2.14. The van der Waals surface area contributed by atoms with Crippen LogP contribution in [0.25, 0.3) is 6.08 Å². The third-order valence-corrected chi connectivity index (χ3v) is 2.27. The predicted octanol–water partition coefficient (Wildman–Crippen LogP) is 1.73. The standard InChI is InChI=1S/C14H16O6/c1-3-19-14(17)9-20-12-6-5-11(18-2)8-10(12)4-7-13(15)16/h4-8H,3,9H2,1-2H3,(H,15,16)/b7-4+. The van der Waals surface area contributed by atoms with Crippen LogP contribution in [-0.2, 0) is 14.3 Å². The highest BCUT2D eigenvalue weighted by Crippen LogP contribution is 2.25. The molecular formula is C14H16O6. The van der Waals surface area contributed by atoms with Crippen molar-refractivity contribution in [1.82, 2.24) is 0 Å². The molecule has 20 heavy (non-hydrogen) atoms. The Labute approximate surface area is 116 Å². The Morgan fingerprint density at radius 2 is 2.10 bits per heavy atom. The first-order valence-electron chi connectivity index (χ1n) is 5.94. The van der Waals surface area contributed by atoms with Crippen LogP contribution in [0.4, 0.5) is 0 Å². The van der Waals surface area contributed by atoms with Crippen LogP contribution in [0.5, 0.6) is 11.5 Å². The third-order valence-electron chi connectivity index (χ3n) is 2.27. The van der Waals surface area contributed by atoms with Crippen molar-refractivity contribution < 1.29 is 28.9 Å². The van der Waals surface area contributed by atoms with Gasteiger partial charge in [0.25, 0.3) is 0 Å². The second-order valence-corrected chi connectivity index (χ2v) is 3.67. The Balaban J connectivity index is 2.87. The van der Waals surface area contributed by atoms with Crippen molar-refractivity contribution in [3.8, 4) is 11.5 Å². The highest BCUT2D eigenvalue weighted by molar-refractivity contribution is 5.86. The van der Waals surface area contributed by atoms with E-state index in [4.69, 9.17) is 19.3 Å². The first kappa shape index (κ1) is 15.6. The molecule has 108 valence electrons. The normalized spacial score (nSPS) is 10.3. The van der Waals surface area contributed by atoms with Crippen molar-refractivity contribution in [2.75, 3.05) is 20.3 Å². The zero-order chi connectivity index (χ0) is 15.0. The Bertz CT molecular complexity index is 506. The molecule has 0 aliphatic heterocycles. The van der Waals surface area contributed by atoms with Crippen LogP contribution in [0.3, 0.4) is 0 Å². The second-order valence-electron chi connectivity index (χ2n) is 3.67. The van der Waals surface area contributed by atoms with Crippen LogP contribution in [-0.4, -0.2) is 37.4 Å². The lowest BCUT2D eigenvalue weighted by molar-refractivity contribution is -0.145. The van der Waals surface area contributed by atoms with E-state index in [0.717, 1.165) is 6.08 Å². The SMILES string of the molecule is CCOC(=O)COc1ccc(OC)cc1/C=C/C(=O)O. The zero-order valence-electron chi connectivity index (χ0n) is 11.3. The van der Waals surface area contributed by atoms with Gasteiger partial charge in [-0.05, 0) is 31.2 Å². The van der Waals surface area contributed by atoms with Crippen LogP contribution >= 0.6 is 0 Å². The topological polar surface area (TPSA) is 82.1 Å². The maximum absolute atomic E-state index is 11.2. The molecule has 1 aromatic rings. The van der Waals surface area contributed by atoms with Gasteiger partial charge in [-0.15, -0.1) is 0 Å². The minimum Gasteiger partial charge on any atom is -0.497 e. The number of methoxy groups -OCH3 is 1. The quantitative estimate of drug-likeness (QED) is 0.605. The number of carbonyl (C=O) groups is 2. The first-order chi connectivity index (χ1) is 9.56. The van der Waals surface area contributed by atoms with Crippen molar-refractivity contribution in [3.63, 3.8) is 0 Å². The van der Waals surface area contributed by atoms with E-state index in [2.05, 4.69) is 0 Å². The molecule has 0 bridgehead atoms. The molecule has 1 rings (SSSR count). The third kappa shape index (κ3) is 5.01. The molecule has 0 radical (unpaired) electrons. The molecule has 0 aromatic heterocycles. The van der Waals surface area contributed by atoms with E-state index in [1.807, 2.05) is 0 Å². The van der Waals surface area contributed by atoms with Gasteiger partial charge in [-0.1, -0.05) is 0 Å². The van der Waals surface area contributed by atoms with Crippen molar-refractivity contribution in [3.05, 3.63) is 29.8 Å². The number of hydrogen-bond donors (Lipinski definition) is 1. The number of esters is 1. The van der Waals surface area contributed by atoms with E-state index in [1.54, 1.807) is 25.1 Å². The minimum absolute atomic E-state index is 0.242. The van der Waals surface area contributed by atoms with Gasteiger partial charge in [0.15, 0.2) is 6.61 Å². The Morgan fingerprint density at radius 1 is 1.35 bits per heavy atom. The van der Waals surface area contributed by atoms with Crippen molar-refractivity contribution in [2.24, 2.45) is 0 Å². The zero-order valence-corrected chi connectivity index (χ0v) is 11.3. The van der Waals surface area contributed by atoms with Crippen molar-refractivity contribution in [1.29, 1.82) is 0 Å². The van der Waals surface area contributed by atoms with Crippen LogP contribution in [0.15, 0.2) is 24.3 Å². The molecule has 6 heteroatoms. The molecule has 1 N–H and O–H groups in total. The number of carbonyl (C=O) groups excluding carboxylic acids is 1. The van der Waals surface area contributed by atoms with E-state index in [-0.39, 0.29) is 13.2 Å². The second kappa shape index (κ2) is 7.83. The van der Waals surface area contributed by atoms with Gasteiger partial charge in [-0.3, -0.25) is 0 Å². The molecule has 0 saturated heterocycles. The molecule has 0 heterocycles. The van der Waals surface area contributed by atoms with Crippen LogP contribution in [0, 0.1) is 0 Å². The summed E-state index contributed by atoms with van der Waals surface area (Å²) in [7, 11) is 1.50. The summed E-state index contributed by atoms with van der Waals surface area (Å²) in [4.78, 5) is 21.8. The van der Waals surface area contributed by atoms with Gasteiger partial charge < -0.3 is 19.3 Å². The van der Waals surface area contributed by atoms with E-state index in [0.29, 0.717) is 17.1 Å². The molecule has 0 unspecified atom stereocenters. The van der Waals surface area contributed by atoms with Crippen LogP contribution < -0.4 is 9.47 Å². The van der Waals surface area contributed by atoms with Gasteiger partial charge in [-0.25, -0.2) is 9.59 Å². The predicted molar refractivity (Wildman–Crippen MR) is 71.8 cm³/mol. The van der Waals surface area contributed by atoms with E-state index < -0.39 is 11.9 Å². The van der Waals surface area contributed by atoms with Crippen LogP contribution in [0.2, 0.25) is 0 Å². The van der Waals surface area contributed by atoms with Gasteiger partial charge >= 0.3 is 11.9 Å². The van der Waals surface area contributed by atoms with Crippen molar-refractivity contribution >= 4 is 18.0 Å². The minimum atomic E-state index is -1.08. The molecule has 0 aliphatic carbocycles. The van der Waals surface area contributed by atoms with E-state index in [1.165, 1.54) is 13.2 Å². The number of rotatable bonds is 7. The lowest BCUT2D eigenvalue weighted by Gasteiger charge is -2.10. The number of benzene rings is 1.